The SMILES string of the molecule is C=C(C)c1ccccc1CCl. The zero-order chi connectivity index (χ0) is 8.27. The van der Waals surface area contributed by atoms with Crippen LogP contribution in [0, 0.1) is 0 Å². The Bertz CT molecular complexity index is 263. The predicted molar refractivity (Wildman–Crippen MR) is 50.7 cm³/mol. The second-order valence-electron chi connectivity index (χ2n) is 2.57. The summed E-state index contributed by atoms with van der Waals surface area (Å²) in [5.41, 5.74) is 3.39. The third kappa shape index (κ3) is 1.84. The number of halogens is 1. The van der Waals surface area contributed by atoms with E-state index in [0.29, 0.717) is 5.88 Å². The first-order valence-corrected chi connectivity index (χ1v) is 4.09. The third-order valence-electron chi connectivity index (χ3n) is 1.62. The molecule has 58 valence electrons. The molecule has 0 nitrogen and oxygen atoms in total. The molecule has 0 amide bonds. The minimum atomic E-state index is 0.559. The molecule has 0 N–H and O–H groups in total. The molecule has 0 aliphatic heterocycles. The highest BCUT2D eigenvalue weighted by Crippen LogP contribution is 2.18. The van der Waals surface area contributed by atoms with E-state index < -0.39 is 0 Å². The molecule has 1 heteroatoms. The predicted octanol–water partition coefficient (Wildman–Crippen LogP) is 3.46. The van der Waals surface area contributed by atoms with E-state index in [1.807, 2.05) is 31.2 Å². The quantitative estimate of drug-likeness (QED) is 0.591. The van der Waals surface area contributed by atoms with Gasteiger partial charge in [0.05, 0.1) is 0 Å². The van der Waals surface area contributed by atoms with Gasteiger partial charge in [-0.15, -0.1) is 11.6 Å². The van der Waals surface area contributed by atoms with E-state index in [-0.39, 0.29) is 0 Å². The van der Waals surface area contributed by atoms with E-state index >= 15 is 0 Å². The fourth-order valence-electron chi connectivity index (χ4n) is 1.05. The van der Waals surface area contributed by atoms with Gasteiger partial charge in [-0.1, -0.05) is 36.4 Å². The standard InChI is InChI=1S/C10H11Cl/c1-8(2)10-6-4-3-5-9(10)7-11/h3-6H,1,7H2,2H3. The number of alkyl halides is 1. The van der Waals surface area contributed by atoms with E-state index in [2.05, 4.69) is 6.58 Å². The van der Waals surface area contributed by atoms with Crippen LogP contribution in [0.4, 0.5) is 0 Å². The van der Waals surface area contributed by atoms with Crippen LogP contribution in [0.2, 0.25) is 0 Å². The van der Waals surface area contributed by atoms with Crippen LogP contribution in [0.25, 0.3) is 5.57 Å². The van der Waals surface area contributed by atoms with Gasteiger partial charge in [-0.2, -0.15) is 0 Å². The average Bonchev–Trinajstić information content (AvgIpc) is 2.04. The van der Waals surface area contributed by atoms with Crippen molar-refractivity contribution in [1.82, 2.24) is 0 Å². The van der Waals surface area contributed by atoms with E-state index in [1.54, 1.807) is 0 Å². The molecule has 1 aromatic rings. The second kappa shape index (κ2) is 3.59. The molecule has 0 aromatic heterocycles. The monoisotopic (exact) mass is 166 g/mol. The van der Waals surface area contributed by atoms with Crippen molar-refractivity contribution in [3.05, 3.63) is 42.0 Å². The van der Waals surface area contributed by atoms with Crippen molar-refractivity contribution in [1.29, 1.82) is 0 Å². The van der Waals surface area contributed by atoms with Gasteiger partial charge in [0, 0.05) is 5.88 Å². The molecule has 0 atom stereocenters. The Balaban J connectivity index is 3.12. The number of rotatable bonds is 2. The van der Waals surface area contributed by atoms with Crippen LogP contribution in [0.1, 0.15) is 18.1 Å². The average molecular weight is 167 g/mol. The molecule has 0 unspecified atom stereocenters. The minimum Gasteiger partial charge on any atom is -0.122 e. The fourth-order valence-corrected chi connectivity index (χ4v) is 1.29. The summed E-state index contributed by atoms with van der Waals surface area (Å²) in [7, 11) is 0. The van der Waals surface area contributed by atoms with E-state index in [0.717, 1.165) is 11.1 Å². The van der Waals surface area contributed by atoms with Crippen LogP contribution in [0.5, 0.6) is 0 Å². The fraction of sp³-hybridized carbons (Fsp3) is 0.200. The summed E-state index contributed by atoms with van der Waals surface area (Å²) < 4.78 is 0. The molecule has 1 rings (SSSR count). The summed E-state index contributed by atoms with van der Waals surface area (Å²) in [6, 6.07) is 8.06. The largest absolute Gasteiger partial charge is 0.122 e. The zero-order valence-corrected chi connectivity index (χ0v) is 7.36. The maximum absolute atomic E-state index is 5.74. The van der Waals surface area contributed by atoms with Crippen molar-refractivity contribution < 1.29 is 0 Å². The highest BCUT2D eigenvalue weighted by Gasteiger charge is 1.98. The highest BCUT2D eigenvalue weighted by atomic mass is 35.5. The molecule has 0 aliphatic rings. The van der Waals surface area contributed by atoms with Gasteiger partial charge in [-0.25, -0.2) is 0 Å². The molecule has 11 heavy (non-hydrogen) atoms. The molecule has 1 aromatic carbocycles. The number of hydrogen-bond acceptors (Lipinski definition) is 0. The van der Waals surface area contributed by atoms with Crippen molar-refractivity contribution in [2.45, 2.75) is 12.8 Å². The van der Waals surface area contributed by atoms with Gasteiger partial charge >= 0.3 is 0 Å². The lowest BCUT2D eigenvalue weighted by atomic mass is 10.0. The Morgan fingerprint density at radius 2 is 2.09 bits per heavy atom. The van der Waals surface area contributed by atoms with Gasteiger partial charge in [0.15, 0.2) is 0 Å². The Morgan fingerprint density at radius 3 is 2.55 bits per heavy atom. The summed E-state index contributed by atoms with van der Waals surface area (Å²) in [5.74, 6) is 0.559. The normalized spacial score (nSPS) is 9.64. The van der Waals surface area contributed by atoms with E-state index in [4.69, 9.17) is 11.6 Å². The Labute approximate surface area is 72.5 Å². The lowest BCUT2D eigenvalue weighted by Crippen LogP contribution is -1.86. The van der Waals surface area contributed by atoms with Crippen LogP contribution < -0.4 is 0 Å². The van der Waals surface area contributed by atoms with Crippen LogP contribution >= 0.6 is 11.6 Å². The molecular formula is C10H11Cl. The third-order valence-corrected chi connectivity index (χ3v) is 1.91. The minimum absolute atomic E-state index is 0.559. The molecule has 0 heterocycles. The van der Waals surface area contributed by atoms with Gasteiger partial charge in [0.1, 0.15) is 0 Å². The molecule has 0 fully saturated rings. The Morgan fingerprint density at radius 1 is 1.45 bits per heavy atom. The van der Waals surface area contributed by atoms with Gasteiger partial charge in [-0.3, -0.25) is 0 Å². The van der Waals surface area contributed by atoms with Crippen molar-refractivity contribution in [2.75, 3.05) is 0 Å². The molecule has 0 saturated heterocycles. The number of allylic oxidation sites excluding steroid dienone is 1. The first kappa shape index (κ1) is 8.35. The molecule has 0 aliphatic carbocycles. The smallest absolute Gasteiger partial charge is 0.0480 e. The van der Waals surface area contributed by atoms with Gasteiger partial charge in [0.2, 0.25) is 0 Å². The second-order valence-corrected chi connectivity index (χ2v) is 2.84. The Hall–Kier alpha value is -0.750. The van der Waals surface area contributed by atoms with Gasteiger partial charge in [0.25, 0.3) is 0 Å². The van der Waals surface area contributed by atoms with E-state index in [9.17, 15) is 0 Å². The number of benzene rings is 1. The summed E-state index contributed by atoms with van der Waals surface area (Å²) in [6.07, 6.45) is 0. The molecular weight excluding hydrogens is 156 g/mol. The summed E-state index contributed by atoms with van der Waals surface area (Å²) in [6.45, 7) is 5.87. The molecule has 0 saturated carbocycles. The zero-order valence-electron chi connectivity index (χ0n) is 6.60. The molecule has 0 radical (unpaired) electrons. The summed E-state index contributed by atoms with van der Waals surface area (Å²) in [4.78, 5) is 0. The van der Waals surface area contributed by atoms with Gasteiger partial charge in [-0.05, 0) is 18.1 Å². The number of hydrogen-bond donors (Lipinski definition) is 0. The molecule has 0 spiro atoms. The molecule has 0 bridgehead atoms. The first-order chi connectivity index (χ1) is 5.25. The Kier molecular flexibility index (Phi) is 2.72. The maximum atomic E-state index is 5.74. The maximum Gasteiger partial charge on any atom is 0.0480 e. The highest BCUT2D eigenvalue weighted by molar-refractivity contribution is 6.17. The summed E-state index contributed by atoms with van der Waals surface area (Å²) in [5, 5.41) is 0. The van der Waals surface area contributed by atoms with Gasteiger partial charge < -0.3 is 0 Å². The van der Waals surface area contributed by atoms with E-state index in [1.165, 1.54) is 5.56 Å². The topological polar surface area (TPSA) is 0 Å². The lowest BCUT2D eigenvalue weighted by Gasteiger charge is -2.04. The van der Waals surface area contributed by atoms with Crippen molar-refractivity contribution >= 4 is 17.2 Å². The van der Waals surface area contributed by atoms with Crippen LogP contribution in [-0.4, -0.2) is 0 Å². The van der Waals surface area contributed by atoms with Crippen LogP contribution in [0.3, 0.4) is 0 Å². The van der Waals surface area contributed by atoms with Crippen LogP contribution in [-0.2, 0) is 5.88 Å². The summed E-state index contributed by atoms with van der Waals surface area (Å²) >= 11 is 5.74. The van der Waals surface area contributed by atoms with Crippen molar-refractivity contribution in [3.63, 3.8) is 0 Å². The van der Waals surface area contributed by atoms with Crippen LogP contribution in [0.15, 0.2) is 30.8 Å². The lowest BCUT2D eigenvalue weighted by molar-refractivity contribution is 1.36. The van der Waals surface area contributed by atoms with Crippen molar-refractivity contribution in [3.8, 4) is 0 Å². The van der Waals surface area contributed by atoms with Crippen molar-refractivity contribution in [2.24, 2.45) is 0 Å². The first-order valence-electron chi connectivity index (χ1n) is 3.55.